The van der Waals surface area contributed by atoms with Gasteiger partial charge in [0.25, 0.3) is 9.05 Å². The first-order chi connectivity index (χ1) is 9.40. The summed E-state index contributed by atoms with van der Waals surface area (Å²) in [7, 11) is 1.61. The van der Waals surface area contributed by atoms with Gasteiger partial charge in [0, 0.05) is 29.5 Å². The topological polar surface area (TPSA) is 61.2 Å². The van der Waals surface area contributed by atoms with Crippen molar-refractivity contribution in [1.29, 1.82) is 0 Å². The number of aromatic nitrogens is 2. The highest BCUT2D eigenvalue weighted by atomic mass is 35.7. The van der Waals surface area contributed by atoms with E-state index in [-0.39, 0.29) is 16.7 Å². The molecular weight excluding hydrogens is 300 g/mol. The van der Waals surface area contributed by atoms with E-state index in [1.54, 1.807) is 6.20 Å². The molecule has 1 unspecified atom stereocenters. The molecule has 1 saturated carbocycles. The monoisotopic (exact) mass is 318 g/mol. The molecule has 1 saturated heterocycles. The summed E-state index contributed by atoms with van der Waals surface area (Å²) < 4.78 is 30.8. The summed E-state index contributed by atoms with van der Waals surface area (Å²) in [6.07, 6.45) is 8.05. The molecule has 0 radical (unpaired) electrons. The SMILES string of the molecule is Cc1nc(S(=O)(=O)Cl)cn1C1CCOC2(CCCC2)C1. The van der Waals surface area contributed by atoms with Crippen molar-refractivity contribution in [3.8, 4) is 0 Å². The third-order valence-corrected chi connectivity index (χ3v) is 5.69. The first-order valence-electron chi connectivity index (χ1n) is 7.04. The summed E-state index contributed by atoms with van der Waals surface area (Å²) in [5.74, 6) is 0.698. The van der Waals surface area contributed by atoms with E-state index in [1.165, 1.54) is 12.8 Å². The van der Waals surface area contributed by atoms with Crippen LogP contribution in [0, 0.1) is 6.92 Å². The van der Waals surface area contributed by atoms with Crippen LogP contribution in [-0.2, 0) is 13.8 Å². The normalized spacial score (nSPS) is 26.2. The lowest BCUT2D eigenvalue weighted by Gasteiger charge is -2.39. The van der Waals surface area contributed by atoms with Crippen LogP contribution in [0.15, 0.2) is 11.2 Å². The molecule has 1 aromatic heterocycles. The second-order valence-corrected chi connectivity index (χ2v) is 8.37. The fourth-order valence-corrected chi connectivity index (χ4v) is 4.26. The molecule has 1 atom stereocenters. The van der Waals surface area contributed by atoms with Gasteiger partial charge >= 0.3 is 0 Å². The molecule has 5 nitrogen and oxygen atoms in total. The molecule has 3 rings (SSSR count). The Morgan fingerprint density at radius 3 is 2.75 bits per heavy atom. The van der Waals surface area contributed by atoms with Crippen molar-refractivity contribution in [3.63, 3.8) is 0 Å². The quantitative estimate of drug-likeness (QED) is 0.787. The number of nitrogens with zero attached hydrogens (tertiary/aromatic N) is 2. The van der Waals surface area contributed by atoms with Gasteiger partial charge in [0.1, 0.15) is 5.82 Å². The Morgan fingerprint density at radius 2 is 2.15 bits per heavy atom. The van der Waals surface area contributed by atoms with E-state index >= 15 is 0 Å². The lowest BCUT2D eigenvalue weighted by Crippen LogP contribution is -2.38. The third kappa shape index (κ3) is 2.61. The van der Waals surface area contributed by atoms with Gasteiger partial charge in [-0.05, 0) is 32.6 Å². The highest BCUT2D eigenvalue weighted by molar-refractivity contribution is 8.13. The number of aryl methyl sites for hydroxylation is 1. The second kappa shape index (κ2) is 5.00. The van der Waals surface area contributed by atoms with E-state index in [0.717, 1.165) is 32.3 Å². The van der Waals surface area contributed by atoms with Crippen LogP contribution in [-0.4, -0.2) is 30.2 Å². The molecule has 1 aromatic rings. The molecule has 2 heterocycles. The van der Waals surface area contributed by atoms with Crippen LogP contribution >= 0.6 is 10.7 Å². The molecule has 0 bridgehead atoms. The fourth-order valence-electron chi connectivity index (χ4n) is 3.55. The highest BCUT2D eigenvalue weighted by Crippen LogP contribution is 2.43. The number of hydrogen-bond donors (Lipinski definition) is 0. The van der Waals surface area contributed by atoms with E-state index < -0.39 is 9.05 Å². The average molecular weight is 319 g/mol. The molecule has 20 heavy (non-hydrogen) atoms. The number of halogens is 1. The molecule has 0 N–H and O–H groups in total. The minimum atomic E-state index is -3.76. The van der Waals surface area contributed by atoms with Crippen LogP contribution in [0.5, 0.6) is 0 Å². The van der Waals surface area contributed by atoms with Crippen molar-refractivity contribution in [2.45, 2.75) is 62.1 Å². The lowest BCUT2D eigenvalue weighted by atomic mass is 9.89. The zero-order valence-electron chi connectivity index (χ0n) is 11.5. The second-order valence-electron chi connectivity index (χ2n) is 5.86. The fraction of sp³-hybridized carbons (Fsp3) is 0.769. The maximum atomic E-state index is 11.4. The van der Waals surface area contributed by atoms with Gasteiger partial charge < -0.3 is 9.30 Å². The van der Waals surface area contributed by atoms with E-state index in [2.05, 4.69) is 4.98 Å². The maximum Gasteiger partial charge on any atom is 0.280 e. The maximum absolute atomic E-state index is 11.4. The van der Waals surface area contributed by atoms with Crippen LogP contribution in [0.4, 0.5) is 0 Å². The summed E-state index contributed by atoms with van der Waals surface area (Å²) in [4.78, 5) is 4.07. The Bertz CT molecular complexity index is 605. The van der Waals surface area contributed by atoms with Gasteiger partial charge in [0.05, 0.1) is 5.60 Å². The standard InChI is InChI=1S/C13H19ClN2O3S/c1-10-15-12(20(14,17)18)9-16(10)11-4-7-19-13(8-11)5-2-3-6-13/h9,11H,2-8H2,1H3. The molecule has 1 spiro atoms. The summed E-state index contributed by atoms with van der Waals surface area (Å²) in [6, 6.07) is 0.251. The highest BCUT2D eigenvalue weighted by Gasteiger charge is 2.40. The van der Waals surface area contributed by atoms with E-state index in [4.69, 9.17) is 15.4 Å². The number of ether oxygens (including phenoxy) is 1. The minimum Gasteiger partial charge on any atom is -0.375 e. The molecule has 2 aliphatic rings. The zero-order valence-corrected chi connectivity index (χ0v) is 13.1. The van der Waals surface area contributed by atoms with E-state index in [1.807, 2.05) is 11.5 Å². The number of hydrogen-bond acceptors (Lipinski definition) is 4. The van der Waals surface area contributed by atoms with Crippen molar-refractivity contribution in [3.05, 3.63) is 12.0 Å². The average Bonchev–Trinajstić information content (AvgIpc) is 2.96. The van der Waals surface area contributed by atoms with Crippen molar-refractivity contribution >= 4 is 19.7 Å². The third-order valence-electron chi connectivity index (χ3n) is 4.52. The van der Waals surface area contributed by atoms with Gasteiger partial charge in [-0.3, -0.25) is 0 Å². The van der Waals surface area contributed by atoms with Gasteiger partial charge in [-0.15, -0.1) is 0 Å². The smallest absolute Gasteiger partial charge is 0.280 e. The van der Waals surface area contributed by atoms with Crippen molar-refractivity contribution in [1.82, 2.24) is 9.55 Å². The van der Waals surface area contributed by atoms with Crippen LogP contribution in [0.3, 0.4) is 0 Å². The molecule has 7 heteroatoms. The van der Waals surface area contributed by atoms with Crippen molar-refractivity contribution in [2.24, 2.45) is 0 Å². The first-order valence-corrected chi connectivity index (χ1v) is 9.35. The zero-order chi connectivity index (χ0) is 14.4. The van der Waals surface area contributed by atoms with Crippen molar-refractivity contribution < 1.29 is 13.2 Å². The Kier molecular flexibility index (Phi) is 3.59. The van der Waals surface area contributed by atoms with Crippen LogP contribution in [0.1, 0.15) is 50.4 Å². The van der Waals surface area contributed by atoms with Gasteiger partial charge in [-0.2, -0.15) is 0 Å². The lowest BCUT2D eigenvalue weighted by molar-refractivity contribution is -0.0897. The Morgan fingerprint density at radius 1 is 1.45 bits per heavy atom. The Balaban J connectivity index is 1.87. The van der Waals surface area contributed by atoms with E-state index in [0.29, 0.717) is 5.82 Å². The summed E-state index contributed by atoms with van der Waals surface area (Å²) >= 11 is 0. The Labute approximate surface area is 123 Å². The van der Waals surface area contributed by atoms with Gasteiger partial charge in [0.15, 0.2) is 5.03 Å². The summed E-state index contributed by atoms with van der Waals surface area (Å²) in [6.45, 7) is 2.55. The summed E-state index contributed by atoms with van der Waals surface area (Å²) in [5.41, 5.74) is -0.000367. The molecular formula is C13H19ClN2O3S. The molecule has 1 aliphatic heterocycles. The molecule has 0 amide bonds. The number of imidazole rings is 1. The largest absolute Gasteiger partial charge is 0.375 e. The predicted octanol–water partition coefficient (Wildman–Crippen LogP) is 2.78. The molecule has 0 aromatic carbocycles. The van der Waals surface area contributed by atoms with Crippen LogP contribution < -0.4 is 0 Å². The van der Waals surface area contributed by atoms with Crippen LogP contribution in [0.25, 0.3) is 0 Å². The predicted molar refractivity (Wildman–Crippen MR) is 75.4 cm³/mol. The van der Waals surface area contributed by atoms with E-state index in [9.17, 15) is 8.42 Å². The van der Waals surface area contributed by atoms with Crippen LogP contribution in [0.2, 0.25) is 0 Å². The van der Waals surface area contributed by atoms with Gasteiger partial charge in [-0.1, -0.05) is 12.8 Å². The molecule has 112 valence electrons. The molecule has 2 fully saturated rings. The Hall–Kier alpha value is -0.590. The van der Waals surface area contributed by atoms with Gasteiger partial charge in [-0.25, -0.2) is 13.4 Å². The summed E-state index contributed by atoms with van der Waals surface area (Å²) in [5, 5.41) is -0.0522. The first kappa shape index (κ1) is 14.4. The number of rotatable bonds is 2. The van der Waals surface area contributed by atoms with Crippen molar-refractivity contribution in [2.75, 3.05) is 6.61 Å². The van der Waals surface area contributed by atoms with Gasteiger partial charge in [0.2, 0.25) is 0 Å². The minimum absolute atomic E-state index is 0.000367. The molecule has 1 aliphatic carbocycles.